The number of piperazine rings is 1. The third kappa shape index (κ3) is 4.58. The number of hydrogen-bond donors (Lipinski definition) is 1. The van der Waals surface area contributed by atoms with Crippen LogP contribution in [0.25, 0.3) is 0 Å². The summed E-state index contributed by atoms with van der Waals surface area (Å²) in [6.07, 6.45) is 6.80. The lowest BCUT2D eigenvalue weighted by Gasteiger charge is -2.50. The van der Waals surface area contributed by atoms with Gasteiger partial charge in [-0.3, -0.25) is 9.69 Å². The third-order valence-corrected chi connectivity index (χ3v) is 7.26. The van der Waals surface area contributed by atoms with Crippen LogP contribution in [-0.4, -0.2) is 49.1 Å². The van der Waals surface area contributed by atoms with Crippen molar-refractivity contribution in [3.05, 3.63) is 52.7 Å². The van der Waals surface area contributed by atoms with Crippen molar-refractivity contribution in [2.75, 3.05) is 37.6 Å². The topological polar surface area (TPSA) is 35.6 Å². The SMILES string of the molecule is O=C(Cc1cccs1)NCC1(N2CCN(c3ccccc3)CC2)CCCCC1. The van der Waals surface area contributed by atoms with Crippen LogP contribution >= 0.6 is 11.3 Å². The molecular formula is C23H31N3OS. The van der Waals surface area contributed by atoms with E-state index in [1.54, 1.807) is 11.3 Å². The molecule has 1 aromatic heterocycles. The van der Waals surface area contributed by atoms with Crippen molar-refractivity contribution in [1.29, 1.82) is 0 Å². The van der Waals surface area contributed by atoms with Crippen LogP contribution in [-0.2, 0) is 11.2 Å². The second kappa shape index (κ2) is 9.10. The normalized spacial score (nSPS) is 20.1. The Bertz CT molecular complexity index is 732. The molecule has 150 valence electrons. The summed E-state index contributed by atoms with van der Waals surface area (Å²) < 4.78 is 0. The summed E-state index contributed by atoms with van der Waals surface area (Å²) in [7, 11) is 0. The predicted octanol–water partition coefficient (Wildman–Crippen LogP) is 3.93. The highest BCUT2D eigenvalue weighted by Crippen LogP contribution is 2.34. The van der Waals surface area contributed by atoms with Gasteiger partial charge in [0.05, 0.1) is 6.42 Å². The molecular weight excluding hydrogens is 366 g/mol. The van der Waals surface area contributed by atoms with E-state index in [1.165, 1.54) is 37.8 Å². The lowest BCUT2D eigenvalue weighted by atomic mass is 9.79. The molecule has 1 N–H and O–H groups in total. The van der Waals surface area contributed by atoms with Gasteiger partial charge < -0.3 is 10.2 Å². The fourth-order valence-corrected chi connectivity index (χ4v) is 5.49. The zero-order chi connectivity index (χ0) is 19.2. The van der Waals surface area contributed by atoms with E-state index in [-0.39, 0.29) is 11.4 Å². The number of anilines is 1. The van der Waals surface area contributed by atoms with Crippen molar-refractivity contribution < 1.29 is 4.79 Å². The van der Waals surface area contributed by atoms with Crippen LogP contribution in [0.15, 0.2) is 47.8 Å². The summed E-state index contributed by atoms with van der Waals surface area (Å²) in [5, 5.41) is 5.32. The molecule has 28 heavy (non-hydrogen) atoms. The van der Waals surface area contributed by atoms with Crippen molar-refractivity contribution in [3.63, 3.8) is 0 Å². The molecule has 2 heterocycles. The van der Waals surface area contributed by atoms with Crippen LogP contribution in [0.2, 0.25) is 0 Å². The second-order valence-electron chi connectivity index (χ2n) is 8.13. The van der Waals surface area contributed by atoms with Crippen molar-refractivity contribution in [3.8, 4) is 0 Å². The van der Waals surface area contributed by atoms with Gasteiger partial charge in [0.25, 0.3) is 0 Å². The fraction of sp³-hybridized carbons (Fsp3) is 0.522. The average molecular weight is 398 g/mol. The standard InChI is InChI=1S/C23H31N3OS/c27-22(18-21-10-7-17-28-21)24-19-23(11-5-2-6-12-23)26-15-13-25(14-16-26)20-8-3-1-4-9-20/h1,3-4,7-10,17H,2,5-6,11-16,18-19H2,(H,24,27). The number of amides is 1. The van der Waals surface area contributed by atoms with E-state index in [1.807, 2.05) is 17.5 Å². The monoisotopic (exact) mass is 397 g/mol. The summed E-state index contributed by atoms with van der Waals surface area (Å²) in [6, 6.07) is 14.8. The first kappa shape index (κ1) is 19.5. The van der Waals surface area contributed by atoms with Gasteiger partial charge in [0, 0.05) is 48.8 Å². The Kier molecular flexibility index (Phi) is 6.33. The molecule has 1 amide bonds. The number of hydrogen-bond acceptors (Lipinski definition) is 4. The zero-order valence-corrected chi connectivity index (χ0v) is 17.4. The lowest BCUT2D eigenvalue weighted by molar-refractivity contribution is -0.121. The Labute approximate surface area is 172 Å². The Hall–Kier alpha value is -1.85. The summed E-state index contributed by atoms with van der Waals surface area (Å²) >= 11 is 1.66. The summed E-state index contributed by atoms with van der Waals surface area (Å²) in [5.41, 5.74) is 1.47. The van der Waals surface area contributed by atoms with Gasteiger partial charge in [-0.25, -0.2) is 0 Å². The number of rotatable bonds is 6. The highest BCUT2D eigenvalue weighted by Gasteiger charge is 2.39. The van der Waals surface area contributed by atoms with Gasteiger partial charge in [0.15, 0.2) is 0 Å². The molecule has 4 nitrogen and oxygen atoms in total. The number of nitrogens with zero attached hydrogens (tertiary/aromatic N) is 2. The molecule has 2 aliphatic rings. The van der Waals surface area contributed by atoms with Crippen molar-refractivity contribution in [2.24, 2.45) is 0 Å². The number of para-hydroxylation sites is 1. The van der Waals surface area contributed by atoms with Crippen molar-refractivity contribution in [1.82, 2.24) is 10.2 Å². The van der Waals surface area contributed by atoms with E-state index in [0.717, 1.165) is 37.6 Å². The molecule has 1 aliphatic heterocycles. The van der Waals surface area contributed by atoms with Gasteiger partial charge in [-0.1, -0.05) is 43.5 Å². The number of carbonyl (C=O) groups excluding carboxylic acids is 1. The average Bonchev–Trinajstić information content (AvgIpc) is 3.27. The molecule has 2 fully saturated rings. The maximum atomic E-state index is 12.5. The molecule has 1 saturated carbocycles. The third-order valence-electron chi connectivity index (χ3n) is 6.39. The summed E-state index contributed by atoms with van der Waals surface area (Å²) in [4.78, 5) is 18.8. The molecule has 1 aromatic carbocycles. The van der Waals surface area contributed by atoms with Gasteiger partial charge >= 0.3 is 0 Å². The fourth-order valence-electron chi connectivity index (χ4n) is 4.79. The first-order valence-corrected chi connectivity index (χ1v) is 11.5. The number of benzene rings is 1. The van der Waals surface area contributed by atoms with Gasteiger partial charge in [-0.2, -0.15) is 0 Å². The Balaban J connectivity index is 1.36. The van der Waals surface area contributed by atoms with E-state index in [9.17, 15) is 4.79 Å². The van der Waals surface area contributed by atoms with Gasteiger partial charge in [0.1, 0.15) is 0 Å². The van der Waals surface area contributed by atoms with E-state index >= 15 is 0 Å². The zero-order valence-electron chi connectivity index (χ0n) is 16.6. The number of carbonyl (C=O) groups is 1. The van der Waals surface area contributed by atoms with Crippen LogP contribution in [0.1, 0.15) is 37.0 Å². The van der Waals surface area contributed by atoms with Crippen LogP contribution in [0, 0.1) is 0 Å². The minimum Gasteiger partial charge on any atom is -0.369 e. The second-order valence-corrected chi connectivity index (χ2v) is 9.16. The van der Waals surface area contributed by atoms with E-state index in [2.05, 4.69) is 45.4 Å². The van der Waals surface area contributed by atoms with Crippen LogP contribution < -0.4 is 10.2 Å². The Morgan fingerprint density at radius 3 is 2.39 bits per heavy atom. The van der Waals surface area contributed by atoms with Crippen LogP contribution in [0.3, 0.4) is 0 Å². The molecule has 5 heteroatoms. The molecule has 0 bridgehead atoms. The summed E-state index contributed by atoms with van der Waals surface area (Å²) in [6.45, 7) is 5.08. The Morgan fingerprint density at radius 2 is 1.71 bits per heavy atom. The summed E-state index contributed by atoms with van der Waals surface area (Å²) in [5.74, 6) is 0.162. The molecule has 1 saturated heterocycles. The molecule has 1 aliphatic carbocycles. The minimum atomic E-state index is 0.145. The predicted molar refractivity (Wildman–Crippen MR) is 117 cm³/mol. The first-order chi connectivity index (χ1) is 13.8. The molecule has 4 rings (SSSR count). The van der Waals surface area contributed by atoms with Crippen molar-refractivity contribution >= 4 is 22.9 Å². The van der Waals surface area contributed by atoms with Gasteiger partial charge in [-0.15, -0.1) is 11.3 Å². The molecule has 0 spiro atoms. The minimum absolute atomic E-state index is 0.145. The molecule has 0 radical (unpaired) electrons. The molecule has 0 atom stereocenters. The van der Waals surface area contributed by atoms with Gasteiger partial charge in [-0.05, 0) is 36.4 Å². The van der Waals surface area contributed by atoms with Gasteiger partial charge in [0.2, 0.25) is 5.91 Å². The van der Waals surface area contributed by atoms with E-state index in [4.69, 9.17) is 0 Å². The smallest absolute Gasteiger partial charge is 0.225 e. The largest absolute Gasteiger partial charge is 0.369 e. The maximum Gasteiger partial charge on any atom is 0.225 e. The van der Waals surface area contributed by atoms with Crippen molar-refractivity contribution in [2.45, 2.75) is 44.1 Å². The highest BCUT2D eigenvalue weighted by molar-refractivity contribution is 7.10. The first-order valence-electron chi connectivity index (χ1n) is 10.6. The van der Waals surface area contributed by atoms with Crippen LogP contribution in [0.4, 0.5) is 5.69 Å². The lowest BCUT2D eigenvalue weighted by Crippen LogP contribution is -2.62. The molecule has 0 unspecified atom stereocenters. The van der Waals surface area contributed by atoms with Crippen LogP contribution in [0.5, 0.6) is 0 Å². The highest BCUT2D eigenvalue weighted by atomic mass is 32.1. The maximum absolute atomic E-state index is 12.5. The number of nitrogens with one attached hydrogen (secondary N) is 1. The Morgan fingerprint density at radius 1 is 0.964 bits per heavy atom. The number of thiophene rings is 1. The van der Waals surface area contributed by atoms with E-state index < -0.39 is 0 Å². The van der Waals surface area contributed by atoms with E-state index in [0.29, 0.717) is 6.42 Å². The quantitative estimate of drug-likeness (QED) is 0.802. The molecule has 2 aromatic rings.